The van der Waals surface area contributed by atoms with Gasteiger partial charge in [0.15, 0.2) is 0 Å². The van der Waals surface area contributed by atoms with Crippen molar-refractivity contribution in [3.8, 4) is 0 Å². The number of anilines is 2. The van der Waals surface area contributed by atoms with Crippen molar-refractivity contribution < 1.29 is 9.53 Å². The Labute approximate surface area is 102 Å². The van der Waals surface area contributed by atoms with Crippen LogP contribution in [0.1, 0.15) is 20.3 Å². The molecule has 0 aliphatic rings. The smallest absolute Gasteiger partial charge is 0.328 e. The molecule has 1 aromatic heterocycles. The van der Waals surface area contributed by atoms with Gasteiger partial charge in [-0.05, 0) is 19.4 Å². The molecular weight excluding hydrogens is 218 g/mol. The first kappa shape index (κ1) is 13.3. The van der Waals surface area contributed by atoms with E-state index in [1.807, 2.05) is 18.9 Å². The summed E-state index contributed by atoms with van der Waals surface area (Å²) in [4.78, 5) is 17.5. The molecule has 0 radical (unpaired) electrons. The molecule has 0 aromatic carbocycles. The lowest BCUT2D eigenvalue weighted by Gasteiger charge is -2.28. The van der Waals surface area contributed by atoms with E-state index in [1.165, 1.54) is 0 Å². The number of likely N-dealkylation sites (N-methyl/N-ethyl adjacent to an activating group) is 1. The van der Waals surface area contributed by atoms with E-state index in [2.05, 4.69) is 4.98 Å². The molecule has 5 nitrogen and oxygen atoms in total. The van der Waals surface area contributed by atoms with Crippen LogP contribution < -0.4 is 10.6 Å². The third-order valence-electron chi connectivity index (χ3n) is 2.62. The van der Waals surface area contributed by atoms with E-state index >= 15 is 0 Å². The summed E-state index contributed by atoms with van der Waals surface area (Å²) in [5, 5.41) is 0. The Balaban J connectivity index is 2.90. The number of ether oxygens (including phenoxy) is 1. The monoisotopic (exact) mass is 237 g/mol. The number of aromatic nitrogens is 1. The summed E-state index contributed by atoms with van der Waals surface area (Å²) in [5.74, 6) is -0.228. The lowest BCUT2D eigenvalue weighted by Crippen LogP contribution is -2.39. The standard InChI is InChI=1S/C12H19N3O2/c1-4-10(12(16)17-5-2)15(3)11-6-7-14-8-9(11)13/h6-8,10H,4-5,13H2,1-3H3. The number of carbonyl (C=O) groups is 1. The summed E-state index contributed by atoms with van der Waals surface area (Å²) in [6.45, 7) is 4.12. The number of rotatable bonds is 5. The van der Waals surface area contributed by atoms with Crippen molar-refractivity contribution in [2.45, 2.75) is 26.3 Å². The van der Waals surface area contributed by atoms with Crippen LogP contribution in [0.4, 0.5) is 11.4 Å². The predicted molar refractivity (Wildman–Crippen MR) is 67.8 cm³/mol. The Morgan fingerprint density at radius 2 is 2.29 bits per heavy atom. The summed E-state index contributed by atoms with van der Waals surface area (Å²) in [5.41, 5.74) is 7.18. The minimum absolute atomic E-state index is 0.228. The molecule has 0 spiro atoms. The van der Waals surface area contributed by atoms with Crippen molar-refractivity contribution in [3.05, 3.63) is 18.5 Å². The molecule has 0 aliphatic carbocycles. The normalized spacial score (nSPS) is 11.9. The van der Waals surface area contributed by atoms with Crippen LogP contribution in [0.3, 0.4) is 0 Å². The van der Waals surface area contributed by atoms with E-state index in [0.29, 0.717) is 18.7 Å². The van der Waals surface area contributed by atoms with Crippen LogP contribution in [0.25, 0.3) is 0 Å². The van der Waals surface area contributed by atoms with E-state index in [9.17, 15) is 4.79 Å². The third-order valence-corrected chi connectivity index (χ3v) is 2.62. The molecule has 0 amide bonds. The molecule has 1 atom stereocenters. The van der Waals surface area contributed by atoms with E-state index in [4.69, 9.17) is 10.5 Å². The van der Waals surface area contributed by atoms with Gasteiger partial charge >= 0.3 is 5.97 Å². The van der Waals surface area contributed by atoms with E-state index in [-0.39, 0.29) is 12.0 Å². The molecule has 1 heterocycles. The Morgan fingerprint density at radius 3 is 2.82 bits per heavy atom. The Bertz CT molecular complexity index is 382. The highest BCUT2D eigenvalue weighted by Crippen LogP contribution is 2.23. The van der Waals surface area contributed by atoms with E-state index in [1.54, 1.807) is 25.4 Å². The second-order valence-electron chi connectivity index (χ2n) is 3.72. The molecule has 5 heteroatoms. The average Bonchev–Trinajstić information content (AvgIpc) is 2.30. The second kappa shape index (κ2) is 6.08. The molecule has 0 bridgehead atoms. The molecule has 0 saturated heterocycles. The first-order chi connectivity index (χ1) is 8.11. The van der Waals surface area contributed by atoms with Crippen LogP contribution in [0, 0.1) is 0 Å². The van der Waals surface area contributed by atoms with Gasteiger partial charge in [-0.2, -0.15) is 0 Å². The lowest BCUT2D eigenvalue weighted by molar-refractivity contribution is -0.144. The van der Waals surface area contributed by atoms with Crippen molar-refractivity contribution in [2.24, 2.45) is 0 Å². The number of nitrogen functional groups attached to an aromatic ring is 1. The van der Waals surface area contributed by atoms with Crippen LogP contribution in [-0.4, -0.2) is 30.6 Å². The second-order valence-corrected chi connectivity index (χ2v) is 3.72. The minimum atomic E-state index is -0.320. The van der Waals surface area contributed by atoms with E-state index in [0.717, 1.165) is 5.69 Å². The Kier molecular flexibility index (Phi) is 4.75. The quantitative estimate of drug-likeness (QED) is 0.785. The molecule has 1 aromatic rings. The van der Waals surface area contributed by atoms with Gasteiger partial charge in [0.2, 0.25) is 0 Å². The molecule has 17 heavy (non-hydrogen) atoms. The van der Waals surface area contributed by atoms with Gasteiger partial charge in [-0.15, -0.1) is 0 Å². The minimum Gasteiger partial charge on any atom is -0.464 e. The van der Waals surface area contributed by atoms with Gasteiger partial charge in [-0.1, -0.05) is 6.92 Å². The largest absolute Gasteiger partial charge is 0.464 e. The first-order valence-corrected chi connectivity index (χ1v) is 5.70. The molecule has 2 N–H and O–H groups in total. The summed E-state index contributed by atoms with van der Waals surface area (Å²) in [6.07, 6.45) is 3.89. The van der Waals surface area contributed by atoms with Gasteiger partial charge in [-0.25, -0.2) is 4.79 Å². The van der Waals surface area contributed by atoms with Crippen molar-refractivity contribution in [1.29, 1.82) is 0 Å². The fourth-order valence-electron chi connectivity index (χ4n) is 1.73. The number of hydrogen-bond acceptors (Lipinski definition) is 5. The van der Waals surface area contributed by atoms with Crippen LogP contribution in [0.5, 0.6) is 0 Å². The Morgan fingerprint density at radius 1 is 1.59 bits per heavy atom. The summed E-state index contributed by atoms with van der Waals surface area (Å²) >= 11 is 0. The molecule has 0 aliphatic heterocycles. The number of hydrogen-bond donors (Lipinski definition) is 1. The zero-order chi connectivity index (χ0) is 12.8. The SMILES string of the molecule is CCOC(=O)C(CC)N(C)c1ccncc1N. The van der Waals surface area contributed by atoms with Crippen molar-refractivity contribution in [1.82, 2.24) is 4.98 Å². The molecule has 0 fully saturated rings. The Hall–Kier alpha value is -1.78. The molecule has 1 unspecified atom stereocenters. The maximum absolute atomic E-state index is 11.8. The van der Waals surface area contributed by atoms with Gasteiger partial charge in [0.1, 0.15) is 6.04 Å². The van der Waals surface area contributed by atoms with Gasteiger partial charge < -0.3 is 15.4 Å². The number of carbonyl (C=O) groups excluding carboxylic acids is 1. The number of pyridine rings is 1. The van der Waals surface area contributed by atoms with Gasteiger partial charge in [0, 0.05) is 13.2 Å². The molecule has 94 valence electrons. The van der Waals surface area contributed by atoms with Crippen LogP contribution in [0.2, 0.25) is 0 Å². The van der Waals surface area contributed by atoms with Crippen molar-refractivity contribution in [3.63, 3.8) is 0 Å². The van der Waals surface area contributed by atoms with Crippen molar-refractivity contribution >= 4 is 17.3 Å². The zero-order valence-electron chi connectivity index (χ0n) is 10.5. The number of esters is 1. The predicted octanol–water partition coefficient (Wildman–Crippen LogP) is 1.44. The highest BCUT2D eigenvalue weighted by atomic mass is 16.5. The van der Waals surface area contributed by atoms with Gasteiger partial charge in [0.05, 0.1) is 24.2 Å². The molecule has 0 saturated carbocycles. The topological polar surface area (TPSA) is 68.5 Å². The summed E-state index contributed by atoms with van der Waals surface area (Å²) < 4.78 is 5.04. The maximum Gasteiger partial charge on any atom is 0.328 e. The highest BCUT2D eigenvalue weighted by molar-refractivity contribution is 5.81. The maximum atomic E-state index is 11.8. The fourth-order valence-corrected chi connectivity index (χ4v) is 1.73. The first-order valence-electron chi connectivity index (χ1n) is 5.70. The highest BCUT2D eigenvalue weighted by Gasteiger charge is 2.23. The van der Waals surface area contributed by atoms with Gasteiger partial charge in [-0.3, -0.25) is 4.98 Å². The molecular formula is C12H19N3O2. The summed E-state index contributed by atoms with van der Waals surface area (Å²) in [7, 11) is 1.83. The number of nitrogens with zero attached hydrogens (tertiary/aromatic N) is 2. The van der Waals surface area contributed by atoms with Crippen LogP contribution in [-0.2, 0) is 9.53 Å². The zero-order valence-corrected chi connectivity index (χ0v) is 10.5. The third kappa shape index (κ3) is 3.09. The average molecular weight is 237 g/mol. The van der Waals surface area contributed by atoms with Crippen molar-refractivity contribution in [2.75, 3.05) is 24.3 Å². The molecule has 1 rings (SSSR count). The lowest BCUT2D eigenvalue weighted by atomic mass is 10.1. The summed E-state index contributed by atoms with van der Waals surface area (Å²) in [6, 6.07) is 1.47. The fraction of sp³-hybridized carbons (Fsp3) is 0.500. The van der Waals surface area contributed by atoms with Crippen LogP contribution in [0.15, 0.2) is 18.5 Å². The van der Waals surface area contributed by atoms with E-state index < -0.39 is 0 Å². The van der Waals surface area contributed by atoms with Gasteiger partial charge in [0.25, 0.3) is 0 Å². The van der Waals surface area contributed by atoms with Crippen LogP contribution >= 0.6 is 0 Å². The number of nitrogens with two attached hydrogens (primary N) is 1.